The molecule has 0 saturated heterocycles. The van der Waals surface area contributed by atoms with Gasteiger partial charge in [-0.15, -0.1) is 0 Å². The molecule has 2 rings (SSSR count). The van der Waals surface area contributed by atoms with E-state index in [1.165, 1.54) is 0 Å². The van der Waals surface area contributed by atoms with Gasteiger partial charge in [0, 0.05) is 19.1 Å². The summed E-state index contributed by atoms with van der Waals surface area (Å²) in [5.74, 6) is 0.339. The van der Waals surface area contributed by atoms with Crippen molar-refractivity contribution in [3.63, 3.8) is 0 Å². The summed E-state index contributed by atoms with van der Waals surface area (Å²) in [6.45, 7) is 0.488. The Kier molecular flexibility index (Phi) is 3.22. The molecule has 0 spiro atoms. The molecule has 0 saturated carbocycles. The first-order chi connectivity index (χ1) is 7.81. The van der Waals surface area contributed by atoms with E-state index in [2.05, 4.69) is 0 Å². The summed E-state index contributed by atoms with van der Waals surface area (Å²) in [6, 6.07) is 9.38. The maximum absolute atomic E-state index is 11.1. The van der Waals surface area contributed by atoms with Gasteiger partial charge in [0.1, 0.15) is 0 Å². The second-order valence-corrected chi connectivity index (χ2v) is 3.32. The third kappa shape index (κ3) is 2.23. The van der Waals surface area contributed by atoms with Gasteiger partial charge in [0.25, 0.3) is 0 Å². The molecule has 0 bridgehead atoms. The highest BCUT2D eigenvalue weighted by atomic mass is 16.6. The summed E-state index contributed by atoms with van der Waals surface area (Å²) in [5.41, 5.74) is 0.833. The van der Waals surface area contributed by atoms with Crippen LogP contribution in [0.5, 0.6) is 0 Å². The highest BCUT2D eigenvalue weighted by Crippen LogP contribution is 2.22. The Labute approximate surface area is 92.5 Å². The van der Waals surface area contributed by atoms with Crippen molar-refractivity contribution in [1.82, 2.24) is 0 Å². The van der Waals surface area contributed by atoms with Crippen molar-refractivity contribution in [2.45, 2.75) is 6.42 Å². The predicted octanol–water partition coefficient (Wildman–Crippen LogP) is 2.09. The van der Waals surface area contributed by atoms with E-state index in [0.717, 1.165) is 5.56 Å². The summed E-state index contributed by atoms with van der Waals surface area (Å²) < 4.78 is 14.9. The van der Waals surface area contributed by atoms with Gasteiger partial charge in [0.05, 0.1) is 6.61 Å². The summed E-state index contributed by atoms with van der Waals surface area (Å²) in [5, 5.41) is 0. The minimum absolute atomic E-state index is 0.488. The molecule has 1 aromatic heterocycles. The molecule has 0 aliphatic rings. The zero-order valence-electron chi connectivity index (χ0n) is 8.93. The van der Waals surface area contributed by atoms with E-state index in [9.17, 15) is 4.79 Å². The molecular formula is C12H12O4. The van der Waals surface area contributed by atoms with Crippen molar-refractivity contribution in [2.24, 2.45) is 0 Å². The van der Waals surface area contributed by atoms with E-state index in [-0.39, 0.29) is 0 Å². The predicted molar refractivity (Wildman–Crippen MR) is 58.3 cm³/mol. The molecule has 0 unspecified atom stereocenters. The van der Waals surface area contributed by atoms with Gasteiger partial charge in [-0.1, -0.05) is 30.3 Å². The van der Waals surface area contributed by atoms with Crippen molar-refractivity contribution in [3.05, 3.63) is 46.7 Å². The lowest BCUT2D eigenvalue weighted by molar-refractivity contribution is 0.196. The average molecular weight is 220 g/mol. The summed E-state index contributed by atoms with van der Waals surface area (Å²) >= 11 is 0. The van der Waals surface area contributed by atoms with Crippen LogP contribution in [0.1, 0.15) is 5.76 Å². The van der Waals surface area contributed by atoms with E-state index >= 15 is 0 Å². The summed E-state index contributed by atoms with van der Waals surface area (Å²) in [4.78, 5) is 11.1. The average Bonchev–Trinajstić information content (AvgIpc) is 2.69. The smallest absolute Gasteiger partial charge is 0.395 e. The van der Waals surface area contributed by atoms with Crippen LogP contribution in [0.4, 0.5) is 0 Å². The molecule has 0 radical (unpaired) electrons. The molecule has 0 N–H and O–H groups in total. The van der Waals surface area contributed by atoms with Crippen molar-refractivity contribution in [2.75, 3.05) is 13.7 Å². The highest BCUT2D eigenvalue weighted by Gasteiger charge is 2.13. The first-order valence-corrected chi connectivity index (χ1v) is 4.98. The lowest BCUT2D eigenvalue weighted by Crippen LogP contribution is -1.95. The van der Waals surface area contributed by atoms with Crippen molar-refractivity contribution in [1.29, 1.82) is 0 Å². The molecule has 0 aliphatic carbocycles. The van der Waals surface area contributed by atoms with Crippen molar-refractivity contribution in [3.8, 4) is 11.3 Å². The molecule has 0 fully saturated rings. The van der Waals surface area contributed by atoms with Gasteiger partial charge in [-0.3, -0.25) is 0 Å². The Hall–Kier alpha value is -1.81. The van der Waals surface area contributed by atoms with Crippen LogP contribution >= 0.6 is 0 Å². The molecule has 84 valence electrons. The summed E-state index contributed by atoms with van der Waals surface area (Å²) in [6.07, 6.45) is 0.520. The fourth-order valence-corrected chi connectivity index (χ4v) is 1.48. The molecule has 0 aliphatic heterocycles. The molecule has 4 heteroatoms. The van der Waals surface area contributed by atoms with Gasteiger partial charge in [-0.05, 0) is 0 Å². The van der Waals surface area contributed by atoms with E-state index in [0.29, 0.717) is 24.5 Å². The molecule has 2 aromatic rings. The molecular weight excluding hydrogens is 208 g/mol. The third-order valence-corrected chi connectivity index (χ3v) is 2.21. The second-order valence-electron chi connectivity index (χ2n) is 3.32. The Morgan fingerprint density at radius 1 is 1.19 bits per heavy atom. The Morgan fingerprint density at radius 2 is 1.94 bits per heavy atom. The Bertz CT molecular complexity index is 495. The van der Waals surface area contributed by atoms with Crippen LogP contribution in [-0.4, -0.2) is 13.7 Å². The van der Waals surface area contributed by atoms with E-state index in [1.807, 2.05) is 30.3 Å². The highest BCUT2D eigenvalue weighted by molar-refractivity contribution is 5.58. The number of hydrogen-bond donors (Lipinski definition) is 0. The zero-order valence-corrected chi connectivity index (χ0v) is 8.93. The van der Waals surface area contributed by atoms with E-state index < -0.39 is 5.82 Å². The molecule has 0 amide bonds. The van der Waals surface area contributed by atoms with E-state index in [1.54, 1.807) is 7.11 Å². The molecule has 1 aromatic carbocycles. The number of ether oxygens (including phenoxy) is 1. The monoisotopic (exact) mass is 220 g/mol. The minimum Gasteiger partial charge on any atom is -0.395 e. The Morgan fingerprint density at radius 3 is 2.62 bits per heavy atom. The first kappa shape index (κ1) is 10.7. The second kappa shape index (κ2) is 4.81. The number of hydrogen-bond acceptors (Lipinski definition) is 4. The SMILES string of the molecule is COCCc1oc(=O)oc1-c1ccccc1. The number of benzene rings is 1. The van der Waals surface area contributed by atoms with Crippen LogP contribution in [0.25, 0.3) is 11.3 Å². The van der Waals surface area contributed by atoms with Crippen LogP contribution < -0.4 is 5.82 Å². The van der Waals surface area contributed by atoms with Gasteiger partial charge in [0.15, 0.2) is 11.5 Å². The minimum atomic E-state index is -0.676. The summed E-state index contributed by atoms with van der Waals surface area (Å²) in [7, 11) is 1.60. The zero-order chi connectivity index (χ0) is 11.4. The normalized spacial score (nSPS) is 10.6. The van der Waals surface area contributed by atoms with Gasteiger partial charge in [-0.2, -0.15) is 0 Å². The van der Waals surface area contributed by atoms with Crippen LogP contribution in [0, 0.1) is 0 Å². The van der Waals surface area contributed by atoms with Crippen LogP contribution in [0.2, 0.25) is 0 Å². The fourth-order valence-electron chi connectivity index (χ4n) is 1.48. The maximum atomic E-state index is 11.1. The van der Waals surface area contributed by atoms with Crippen LogP contribution in [0.3, 0.4) is 0 Å². The maximum Gasteiger partial charge on any atom is 0.519 e. The number of methoxy groups -OCH3 is 1. The van der Waals surface area contributed by atoms with Gasteiger partial charge in [0.2, 0.25) is 0 Å². The van der Waals surface area contributed by atoms with Gasteiger partial charge in [-0.25, -0.2) is 4.79 Å². The van der Waals surface area contributed by atoms with Gasteiger partial charge < -0.3 is 13.6 Å². The van der Waals surface area contributed by atoms with Crippen molar-refractivity contribution >= 4 is 0 Å². The van der Waals surface area contributed by atoms with Crippen LogP contribution in [0.15, 0.2) is 44.0 Å². The largest absolute Gasteiger partial charge is 0.519 e. The molecule has 4 nitrogen and oxygen atoms in total. The quantitative estimate of drug-likeness (QED) is 0.791. The molecule has 16 heavy (non-hydrogen) atoms. The molecule has 1 heterocycles. The topological polar surface area (TPSA) is 52.6 Å². The van der Waals surface area contributed by atoms with Gasteiger partial charge >= 0.3 is 5.82 Å². The fraction of sp³-hybridized carbons (Fsp3) is 0.250. The van der Waals surface area contributed by atoms with Crippen molar-refractivity contribution < 1.29 is 13.6 Å². The molecule has 0 atom stereocenters. The standard InChI is InChI=1S/C12H12O4/c1-14-8-7-10-11(16-12(13)15-10)9-5-3-2-4-6-9/h2-6H,7-8H2,1H3. The lowest BCUT2D eigenvalue weighted by atomic mass is 10.1. The first-order valence-electron chi connectivity index (χ1n) is 4.98. The Balaban J connectivity index is 2.36. The third-order valence-electron chi connectivity index (χ3n) is 2.21. The number of rotatable bonds is 4. The lowest BCUT2D eigenvalue weighted by Gasteiger charge is -1.98. The van der Waals surface area contributed by atoms with E-state index in [4.69, 9.17) is 13.6 Å². The van der Waals surface area contributed by atoms with Crippen LogP contribution in [-0.2, 0) is 11.2 Å².